The van der Waals surface area contributed by atoms with Crippen molar-refractivity contribution in [3.05, 3.63) is 0 Å². The predicted molar refractivity (Wildman–Crippen MR) is 35.8 cm³/mol. The van der Waals surface area contributed by atoms with Crippen molar-refractivity contribution in [3.63, 3.8) is 0 Å². The van der Waals surface area contributed by atoms with Crippen LogP contribution in [0.1, 0.15) is 6.92 Å². The van der Waals surface area contributed by atoms with Gasteiger partial charge in [-0.1, -0.05) is 0 Å². The highest BCUT2D eigenvalue weighted by atomic mass is 16.4. The van der Waals surface area contributed by atoms with Gasteiger partial charge in [-0.05, 0) is 6.92 Å². The van der Waals surface area contributed by atoms with E-state index < -0.39 is 30.7 Å². The molecule has 0 spiro atoms. The Bertz CT molecular complexity index is 133. The largest absolute Gasteiger partial charge is 0.394 e. The third-order valence-corrected chi connectivity index (χ3v) is 1.25. The number of aliphatic hydroxyl groups excluding tert-OH is 4. The van der Waals surface area contributed by atoms with E-state index in [9.17, 15) is 4.79 Å². The van der Waals surface area contributed by atoms with Crippen molar-refractivity contribution in [2.45, 2.75) is 25.2 Å². The molecule has 4 N–H and O–H groups in total. The molecule has 0 aliphatic heterocycles. The second-order valence-corrected chi connectivity index (χ2v) is 2.27. The van der Waals surface area contributed by atoms with Gasteiger partial charge in [0.25, 0.3) is 0 Å². The fraction of sp³-hybridized carbons (Fsp3) is 0.833. The summed E-state index contributed by atoms with van der Waals surface area (Å²) in [6.45, 7) is 0.468. The summed E-state index contributed by atoms with van der Waals surface area (Å²) >= 11 is 0. The maximum Gasteiger partial charge on any atom is 0.192 e. The molecule has 0 fully saturated rings. The molecule has 0 saturated heterocycles. The second-order valence-electron chi connectivity index (χ2n) is 2.27. The summed E-state index contributed by atoms with van der Waals surface area (Å²) in [5.41, 5.74) is 0. The molecule has 11 heavy (non-hydrogen) atoms. The molecule has 0 amide bonds. The van der Waals surface area contributed by atoms with Crippen LogP contribution in [0.3, 0.4) is 0 Å². The molecular weight excluding hydrogens is 152 g/mol. The number of ketones is 1. The van der Waals surface area contributed by atoms with Crippen molar-refractivity contribution in [2.24, 2.45) is 0 Å². The Balaban J connectivity index is 4.02. The number of carbonyl (C=O) groups excluding carboxylic acids is 1. The number of Topliss-reactive ketones (excluding diaryl/α,β-unsaturated/α-hetero) is 1. The summed E-state index contributed by atoms with van der Waals surface area (Å²) in [5, 5.41) is 34.5. The summed E-state index contributed by atoms with van der Waals surface area (Å²) in [5.74, 6) is -0.897. The lowest BCUT2D eigenvalue weighted by molar-refractivity contribution is -0.142. The van der Waals surface area contributed by atoms with Crippen LogP contribution in [0.5, 0.6) is 0 Å². The molecule has 0 aliphatic carbocycles. The Labute approximate surface area is 63.9 Å². The number of aliphatic hydroxyl groups is 4. The average Bonchev–Trinajstić information content (AvgIpc) is 2.00. The summed E-state index contributed by atoms with van der Waals surface area (Å²) in [6.07, 6.45) is -4.55. The minimum Gasteiger partial charge on any atom is -0.394 e. The molecule has 0 bridgehead atoms. The van der Waals surface area contributed by atoms with Gasteiger partial charge in [0.15, 0.2) is 5.78 Å². The van der Waals surface area contributed by atoms with Gasteiger partial charge in [-0.15, -0.1) is 0 Å². The fourth-order valence-corrected chi connectivity index (χ4v) is 0.537. The molecule has 0 heterocycles. The summed E-state index contributed by atoms with van der Waals surface area (Å²) < 4.78 is 0. The van der Waals surface area contributed by atoms with Gasteiger partial charge < -0.3 is 20.4 Å². The van der Waals surface area contributed by atoms with Gasteiger partial charge in [0.2, 0.25) is 0 Å². The molecule has 0 unspecified atom stereocenters. The molecule has 3 atom stereocenters. The van der Waals surface area contributed by atoms with Gasteiger partial charge in [0.05, 0.1) is 6.61 Å². The van der Waals surface area contributed by atoms with Crippen molar-refractivity contribution in [1.82, 2.24) is 0 Å². The molecule has 5 nitrogen and oxygen atoms in total. The van der Waals surface area contributed by atoms with Gasteiger partial charge in [0.1, 0.15) is 18.3 Å². The van der Waals surface area contributed by atoms with E-state index in [1.165, 1.54) is 6.92 Å². The highest BCUT2D eigenvalue weighted by molar-refractivity contribution is 5.87. The maximum atomic E-state index is 10.7. The first kappa shape index (κ1) is 10.5. The van der Waals surface area contributed by atoms with Crippen LogP contribution in [0.25, 0.3) is 0 Å². The molecule has 0 saturated carbocycles. The normalized spacial score (nSPS) is 19.0. The van der Waals surface area contributed by atoms with Crippen LogP contribution in [0, 0.1) is 0 Å². The van der Waals surface area contributed by atoms with Crippen LogP contribution in [0.2, 0.25) is 0 Å². The first-order valence-electron chi connectivity index (χ1n) is 3.19. The number of carbonyl (C=O) groups is 1. The van der Waals surface area contributed by atoms with E-state index in [2.05, 4.69) is 0 Å². The number of rotatable bonds is 4. The van der Waals surface area contributed by atoms with E-state index in [0.29, 0.717) is 0 Å². The Morgan fingerprint density at radius 1 is 1.36 bits per heavy atom. The van der Waals surface area contributed by atoms with E-state index in [4.69, 9.17) is 20.4 Å². The van der Waals surface area contributed by atoms with Gasteiger partial charge in [-0.25, -0.2) is 0 Å². The lowest BCUT2D eigenvalue weighted by Gasteiger charge is -2.15. The van der Waals surface area contributed by atoms with E-state index >= 15 is 0 Å². The van der Waals surface area contributed by atoms with Crippen molar-refractivity contribution in [3.8, 4) is 0 Å². The minimum absolute atomic E-state index is 0.709. The van der Waals surface area contributed by atoms with E-state index in [0.717, 1.165) is 0 Å². The van der Waals surface area contributed by atoms with E-state index in [1.54, 1.807) is 0 Å². The zero-order valence-electron chi connectivity index (χ0n) is 6.14. The standard InChI is InChI=1S/C6H12O5/c1-3(8)5(10)6(11)4(9)2-7/h3-4,6-9,11H,2H2,1H3/t3-,4-,6-/m1/s1. The zero-order valence-corrected chi connectivity index (χ0v) is 6.14. The van der Waals surface area contributed by atoms with E-state index in [1.807, 2.05) is 0 Å². The molecule has 0 radical (unpaired) electrons. The smallest absolute Gasteiger partial charge is 0.192 e. The van der Waals surface area contributed by atoms with Crippen LogP contribution >= 0.6 is 0 Å². The van der Waals surface area contributed by atoms with E-state index in [-0.39, 0.29) is 0 Å². The zero-order chi connectivity index (χ0) is 9.02. The molecule has 66 valence electrons. The van der Waals surface area contributed by atoms with Crippen LogP contribution < -0.4 is 0 Å². The highest BCUT2D eigenvalue weighted by Crippen LogP contribution is 1.97. The lowest BCUT2D eigenvalue weighted by Crippen LogP contribution is -2.41. The highest BCUT2D eigenvalue weighted by Gasteiger charge is 2.26. The van der Waals surface area contributed by atoms with Crippen molar-refractivity contribution in [1.29, 1.82) is 0 Å². The molecule has 0 aromatic rings. The van der Waals surface area contributed by atoms with Gasteiger partial charge in [0, 0.05) is 0 Å². The third-order valence-electron chi connectivity index (χ3n) is 1.25. The molecule has 0 aromatic heterocycles. The Hall–Kier alpha value is -0.490. The molecule has 0 rings (SSSR count). The average molecular weight is 164 g/mol. The first-order chi connectivity index (χ1) is 5.00. The van der Waals surface area contributed by atoms with Crippen molar-refractivity contribution >= 4 is 5.78 Å². The molecule has 0 aromatic carbocycles. The van der Waals surface area contributed by atoms with Crippen LogP contribution in [0.15, 0.2) is 0 Å². The van der Waals surface area contributed by atoms with Crippen molar-refractivity contribution in [2.75, 3.05) is 6.61 Å². The Morgan fingerprint density at radius 2 is 1.82 bits per heavy atom. The second kappa shape index (κ2) is 4.40. The Morgan fingerprint density at radius 3 is 2.09 bits per heavy atom. The maximum absolute atomic E-state index is 10.7. The van der Waals surface area contributed by atoms with Crippen LogP contribution in [-0.2, 0) is 4.79 Å². The number of hydrogen-bond acceptors (Lipinski definition) is 5. The first-order valence-corrected chi connectivity index (χ1v) is 3.19. The SMILES string of the molecule is C[C@@H](O)C(=O)[C@H](O)[C@H](O)CO. The summed E-state index contributed by atoms with van der Waals surface area (Å²) in [7, 11) is 0. The van der Waals surface area contributed by atoms with Gasteiger partial charge in [-0.3, -0.25) is 4.79 Å². The minimum atomic E-state index is -1.71. The van der Waals surface area contributed by atoms with Crippen molar-refractivity contribution < 1.29 is 25.2 Å². The Kier molecular flexibility index (Phi) is 4.20. The van der Waals surface area contributed by atoms with Crippen LogP contribution in [0.4, 0.5) is 0 Å². The molecule has 5 heteroatoms. The van der Waals surface area contributed by atoms with Gasteiger partial charge in [-0.2, -0.15) is 0 Å². The fourth-order valence-electron chi connectivity index (χ4n) is 0.537. The quantitative estimate of drug-likeness (QED) is 0.373. The lowest BCUT2D eigenvalue weighted by atomic mass is 10.1. The van der Waals surface area contributed by atoms with Gasteiger partial charge >= 0.3 is 0 Å². The third kappa shape index (κ3) is 2.94. The summed E-state index contributed by atoms with van der Waals surface area (Å²) in [4.78, 5) is 10.7. The topological polar surface area (TPSA) is 98.0 Å². The van der Waals surface area contributed by atoms with Crippen LogP contribution in [-0.4, -0.2) is 51.1 Å². The number of hydrogen-bond donors (Lipinski definition) is 4. The molecular formula is C6H12O5. The molecule has 0 aliphatic rings. The summed E-state index contributed by atoms with van der Waals surface area (Å²) in [6, 6.07) is 0. The monoisotopic (exact) mass is 164 g/mol. The predicted octanol–water partition coefficient (Wildman–Crippen LogP) is -2.35.